The van der Waals surface area contributed by atoms with Gasteiger partial charge in [-0.3, -0.25) is 9.59 Å². The zero-order chi connectivity index (χ0) is 22.3. The van der Waals surface area contributed by atoms with Crippen LogP contribution in [0.3, 0.4) is 0 Å². The van der Waals surface area contributed by atoms with Gasteiger partial charge in [0.2, 0.25) is 0 Å². The molecule has 0 bridgehead atoms. The van der Waals surface area contributed by atoms with Crippen LogP contribution in [-0.2, 0) is 4.79 Å². The van der Waals surface area contributed by atoms with Crippen LogP contribution in [0, 0.1) is 0 Å². The van der Waals surface area contributed by atoms with Crippen LogP contribution >= 0.6 is 11.8 Å². The second kappa shape index (κ2) is 10.8. The van der Waals surface area contributed by atoms with E-state index < -0.39 is 0 Å². The number of likely N-dealkylation sites (N-methyl/N-ethyl adjacent to an activating group) is 1. The van der Waals surface area contributed by atoms with Gasteiger partial charge in [0, 0.05) is 43.2 Å². The Morgan fingerprint density at radius 2 is 1.84 bits per heavy atom. The van der Waals surface area contributed by atoms with Gasteiger partial charge in [-0.25, -0.2) is 0 Å². The molecule has 32 heavy (non-hydrogen) atoms. The number of rotatable bonds is 7. The highest BCUT2D eigenvalue weighted by Crippen LogP contribution is 2.39. The number of nitrogens with one attached hydrogen (secondary N) is 2. The number of nitrogens with zero attached hydrogens (tertiary/aromatic N) is 2. The highest BCUT2D eigenvalue weighted by molar-refractivity contribution is 8.04. The monoisotopic (exact) mass is 450 g/mol. The molecule has 168 valence electrons. The zero-order valence-electron chi connectivity index (χ0n) is 18.5. The van der Waals surface area contributed by atoms with Crippen molar-refractivity contribution >= 4 is 35.3 Å². The third-order valence-corrected chi connectivity index (χ3v) is 6.98. The summed E-state index contributed by atoms with van der Waals surface area (Å²) in [6, 6.07) is 15.3. The standard InChI is InChI=1S/C25H30N4O2S/c1-2-28-13-15-29(16-14-28)12-6-11-26-24(30)20-9-10-22-21(18-20)27-25(31)23(32-22)17-19-7-4-3-5-8-19/h3-5,7-10,17-18H,2,6,11-16H2,1H3,(H,26,30)(H,27,31)/b23-17-. The van der Waals surface area contributed by atoms with Crippen molar-refractivity contribution in [3.05, 3.63) is 64.6 Å². The highest BCUT2D eigenvalue weighted by Gasteiger charge is 2.22. The molecule has 1 fully saturated rings. The van der Waals surface area contributed by atoms with Crippen LogP contribution in [-0.4, -0.2) is 67.4 Å². The number of carbonyl (C=O) groups excluding carboxylic acids is 2. The first-order valence-electron chi connectivity index (χ1n) is 11.3. The first-order valence-corrected chi connectivity index (χ1v) is 12.1. The van der Waals surface area contributed by atoms with Crippen LogP contribution < -0.4 is 10.6 Å². The minimum absolute atomic E-state index is 0.103. The fourth-order valence-electron chi connectivity index (χ4n) is 3.94. The van der Waals surface area contributed by atoms with Crippen molar-refractivity contribution in [3.63, 3.8) is 0 Å². The lowest BCUT2D eigenvalue weighted by Gasteiger charge is -2.33. The van der Waals surface area contributed by atoms with Gasteiger partial charge in [0.1, 0.15) is 0 Å². The van der Waals surface area contributed by atoms with E-state index in [1.807, 2.05) is 48.5 Å². The first kappa shape index (κ1) is 22.6. The van der Waals surface area contributed by atoms with Crippen molar-refractivity contribution in [1.29, 1.82) is 0 Å². The lowest BCUT2D eigenvalue weighted by atomic mass is 10.1. The summed E-state index contributed by atoms with van der Waals surface area (Å²) in [5, 5.41) is 5.94. The van der Waals surface area contributed by atoms with Gasteiger partial charge in [0.05, 0.1) is 10.6 Å². The van der Waals surface area contributed by atoms with Crippen LogP contribution in [0.4, 0.5) is 5.69 Å². The number of fused-ring (bicyclic) bond motifs is 1. The van der Waals surface area contributed by atoms with E-state index in [1.54, 1.807) is 6.07 Å². The Labute approximate surface area is 194 Å². The predicted molar refractivity (Wildman–Crippen MR) is 131 cm³/mol. The Kier molecular flexibility index (Phi) is 7.63. The van der Waals surface area contributed by atoms with Gasteiger partial charge < -0.3 is 20.4 Å². The zero-order valence-corrected chi connectivity index (χ0v) is 19.3. The maximum absolute atomic E-state index is 12.6. The molecule has 2 aliphatic heterocycles. The number of benzene rings is 2. The molecule has 7 heteroatoms. The van der Waals surface area contributed by atoms with Crippen molar-refractivity contribution in [1.82, 2.24) is 15.1 Å². The number of thioether (sulfide) groups is 1. The Balaban J connectivity index is 1.29. The van der Waals surface area contributed by atoms with Crippen molar-refractivity contribution in [2.75, 3.05) is 51.1 Å². The smallest absolute Gasteiger partial charge is 0.262 e. The number of piperazine rings is 1. The molecule has 2 heterocycles. The quantitative estimate of drug-likeness (QED) is 0.499. The van der Waals surface area contributed by atoms with E-state index in [4.69, 9.17) is 0 Å². The van der Waals surface area contributed by atoms with Crippen molar-refractivity contribution in [3.8, 4) is 0 Å². The molecule has 2 aliphatic rings. The van der Waals surface area contributed by atoms with Gasteiger partial charge in [-0.1, -0.05) is 49.0 Å². The lowest BCUT2D eigenvalue weighted by Crippen LogP contribution is -2.46. The molecule has 0 radical (unpaired) electrons. The molecule has 0 aliphatic carbocycles. The van der Waals surface area contributed by atoms with E-state index in [-0.39, 0.29) is 11.8 Å². The van der Waals surface area contributed by atoms with Gasteiger partial charge in [0.15, 0.2) is 0 Å². The molecule has 0 atom stereocenters. The molecular weight excluding hydrogens is 420 g/mol. The number of carbonyl (C=O) groups is 2. The summed E-state index contributed by atoms with van der Waals surface area (Å²) >= 11 is 1.43. The molecule has 4 rings (SSSR count). The van der Waals surface area contributed by atoms with Gasteiger partial charge in [-0.05, 0) is 49.3 Å². The topological polar surface area (TPSA) is 64.7 Å². The third-order valence-electron chi connectivity index (χ3n) is 5.88. The van der Waals surface area contributed by atoms with Crippen LogP contribution in [0.15, 0.2) is 58.3 Å². The summed E-state index contributed by atoms with van der Waals surface area (Å²) < 4.78 is 0. The second-order valence-electron chi connectivity index (χ2n) is 8.07. The highest BCUT2D eigenvalue weighted by atomic mass is 32.2. The first-order chi connectivity index (χ1) is 15.6. The lowest BCUT2D eigenvalue weighted by molar-refractivity contribution is -0.112. The molecule has 2 amide bonds. The molecule has 6 nitrogen and oxygen atoms in total. The molecule has 0 saturated carbocycles. The Morgan fingerprint density at radius 1 is 1.09 bits per heavy atom. The summed E-state index contributed by atoms with van der Waals surface area (Å²) in [5.74, 6) is -0.249. The summed E-state index contributed by atoms with van der Waals surface area (Å²) in [5.41, 5.74) is 2.24. The maximum atomic E-state index is 12.6. The summed E-state index contributed by atoms with van der Waals surface area (Å²) in [6.07, 6.45) is 2.81. The number of hydrogen-bond donors (Lipinski definition) is 2. The van der Waals surface area contributed by atoms with Gasteiger partial charge in [-0.2, -0.15) is 0 Å². The van der Waals surface area contributed by atoms with Crippen molar-refractivity contribution in [2.45, 2.75) is 18.2 Å². The van der Waals surface area contributed by atoms with Gasteiger partial charge in [0.25, 0.3) is 11.8 Å². The van der Waals surface area contributed by atoms with Crippen LogP contribution in [0.2, 0.25) is 0 Å². The Bertz CT molecular complexity index is 985. The summed E-state index contributed by atoms with van der Waals surface area (Å²) in [6.45, 7) is 9.44. The van der Waals surface area contributed by atoms with Crippen LogP contribution in [0.5, 0.6) is 0 Å². The molecule has 0 spiro atoms. The van der Waals surface area contributed by atoms with E-state index in [0.717, 1.165) is 56.1 Å². The maximum Gasteiger partial charge on any atom is 0.262 e. The molecule has 0 aromatic heterocycles. The van der Waals surface area contributed by atoms with Crippen molar-refractivity contribution in [2.24, 2.45) is 0 Å². The number of hydrogen-bond acceptors (Lipinski definition) is 5. The number of amides is 2. The predicted octanol–water partition coefficient (Wildman–Crippen LogP) is 3.53. The Hall–Kier alpha value is -2.61. The van der Waals surface area contributed by atoms with Gasteiger partial charge >= 0.3 is 0 Å². The summed E-state index contributed by atoms with van der Waals surface area (Å²) in [4.78, 5) is 31.6. The molecular formula is C25H30N4O2S. The molecule has 2 N–H and O–H groups in total. The molecule has 0 unspecified atom stereocenters. The van der Waals surface area contributed by atoms with E-state index in [1.165, 1.54) is 11.8 Å². The minimum atomic E-state index is -0.146. The molecule has 2 aromatic carbocycles. The molecule has 2 aromatic rings. The number of anilines is 1. The minimum Gasteiger partial charge on any atom is -0.352 e. The average Bonchev–Trinajstić information content (AvgIpc) is 2.83. The fraction of sp³-hybridized carbons (Fsp3) is 0.360. The van der Waals surface area contributed by atoms with Crippen molar-refractivity contribution < 1.29 is 9.59 Å². The average molecular weight is 451 g/mol. The SMILES string of the molecule is CCN1CCN(CCCNC(=O)c2ccc3c(c2)NC(=O)/C(=C/c2ccccc2)S3)CC1. The largest absolute Gasteiger partial charge is 0.352 e. The normalized spacial score (nSPS) is 18.3. The van der Waals surface area contributed by atoms with E-state index in [0.29, 0.717) is 22.7 Å². The van der Waals surface area contributed by atoms with Crippen LogP contribution in [0.25, 0.3) is 6.08 Å². The summed E-state index contributed by atoms with van der Waals surface area (Å²) in [7, 11) is 0. The molecule has 1 saturated heterocycles. The van der Waals surface area contributed by atoms with Gasteiger partial charge in [-0.15, -0.1) is 0 Å². The van der Waals surface area contributed by atoms with Crippen LogP contribution in [0.1, 0.15) is 29.3 Å². The van der Waals surface area contributed by atoms with E-state index in [2.05, 4.69) is 27.4 Å². The Morgan fingerprint density at radius 3 is 2.59 bits per heavy atom. The second-order valence-corrected chi connectivity index (χ2v) is 9.16. The van der Waals surface area contributed by atoms with E-state index in [9.17, 15) is 9.59 Å². The third kappa shape index (κ3) is 5.79. The fourth-order valence-corrected chi connectivity index (χ4v) is 4.87. The van der Waals surface area contributed by atoms with E-state index >= 15 is 0 Å².